The summed E-state index contributed by atoms with van der Waals surface area (Å²) in [6, 6.07) is 12.4. The van der Waals surface area contributed by atoms with Crippen molar-refractivity contribution in [3.8, 4) is 17.0 Å². The Hall–Kier alpha value is -4.42. The molecule has 1 fully saturated rings. The molecule has 7 N–H and O–H groups in total. The van der Waals surface area contributed by atoms with Gasteiger partial charge in [0.05, 0.1) is 41.5 Å². The summed E-state index contributed by atoms with van der Waals surface area (Å²) >= 11 is 6.03. The third-order valence-corrected chi connectivity index (χ3v) is 8.62. The van der Waals surface area contributed by atoms with Crippen LogP contribution in [0, 0.1) is 17.0 Å². The highest BCUT2D eigenvalue weighted by Crippen LogP contribution is 2.45. The number of carbonyl (C=O) groups is 1. The molecule has 2 aliphatic carbocycles. The molecule has 1 aromatic heterocycles. The van der Waals surface area contributed by atoms with Gasteiger partial charge in [-0.05, 0) is 36.8 Å². The number of amides is 1. The molecule has 238 valence electrons. The fourth-order valence-corrected chi connectivity index (χ4v) is 5.62. The van der Waals surface area contributed by atoms with E-state index in [0.717, 1.165) is 18.9 Å². The number of fused-ring (bicyclic) bond motifs is 1. The summed E-state index contributed by atoms with van der Waals surface area (Å²) in [5.41, 5.74) is 5.19. The molecule has 2 atom stereocenters. The van der Waals surface area contributed by atoms with Crippen LogP contribution in [-0.4, -0.2) is 48.0 Å². The van der Waals surface area contributed by atoms with E-state index in [1.165, 1.54) is 13.2 Å². The Bertz CT molecular complexity index is 1840. The summed E-state index contributed by atoms with van der Waals surface area (Å²) in [7, 11) is 1.43. The zero-order chi connectivity index (χ0) is 32.8. The lowest BCUT2D eigenvalue weighted by atomic mass is 9.85. The second-order valence-corrected chi connectivity index (χ2v) is 12.3. The number of hydrogen-bond donors (Lipinski definition) is 5. The van der Waals surface area contributed by atoms with Crippen LogP contribution in [0.5, 0.6) is 5.75 Å². The molecule has 0 bridgehead atoms. The molecule has 46 heavy (non-hydrogen) atoms. The van der Waals surface area contributed by atoms with Crippen LogP contribution in [0.3, 0.4) is 0 Å². The Labute approximate surface area is 269 Å². The summed E-state index contributed by atoms with van der Waals surface area (Å²) in [5.74, 6) is -1.99. The van der Waals surface area contributed by atoms with Crippen molar-refractivity contribution in [3.05, 3.63) is 117 Å². The number of nitrogens with zero attached hydrogens (tertiary/aromatic N) is 1. The van der Waals surface area contributed by atoms with E-state index in [2.05, 4.69) is 10.3 Å². The Kier molecular flexibility index (Phi) is 8.28. The van der Waals surface area contributed by atoms with Crippen molar-refractivity contribution < 1.29 is 33.5 Å². The van der Waals surface area contributed by atoms with Gasteiger partial charge in [-0.25, -0.2) is 13.8 Å². The number of carbonyl (C=O) groups excluding carboxylic acids is 1. The highest BCUT2D eigenvalue weighted by atomic mass is 35.5. The Morgan fingerprint density at radius 3 is 2.70 bits per heavy atom. The van der Waals surface area contributed by atoms with Gasteiger partial charge in [0.25, 0.3) is 5.91 Å². The van der Waals surface area contributed by atoms with Crippen LogP contribution < -0.4 is 21.1 Å². The topological polar surface area (TPSA) is 147 Å². The molecule has 2 aromatic carbocycles. The first-order valence-electron chi connectivity index (χ1n) is 14.7. The Morgan fingerprint density at radius 1 is 1.26 bits per heavy atom. The van der Waals surface area contributed by atoms with E-state index in [4.69, 9.17) is 32.2 Å². The molecular weight excluding hydrogens is 616 g/mol. The molecule has 6 rings (SSSR count). The highest BCUT2D eigenvalue weighted by molar-refractivity contribution is 6.31. The third-order valence-electron chi connectivity index (χ3n) is 8.33. The van der Waals surface area contributed by atoms with Gasteiger partial charge in [-0.2, -0.15) is 0 Å². The molecule has 0 radical (unpaired) electrons. The van der Waals surface area contributed by atoms with E-state index in [1.807, 2.05) is 11.5 Å². The van der Waals surface area contributed by atoms with Crippen molar-refractivity contribution >= 4 is 23.2 Å². The minimum atomic E-state index is -1.95. The number of methoxy groups -OCH3 is 1. The number of nitrogens with one attached hydrogen (secondary N) is 2. The number of aliphatic hydroxyl groups is 1. The molecule has 3 aliphatic rings. The molecule has 2 heterocycles. The summed E-state index contributed by atoms with van der Waals surface area (Å²) in [6.45, 7) is 1.42. The average molecular weight is 649 g/mol. The number of ether oxygens (including phenoxy) is 2. The largest absolute Gasteiger partial charge is 0.494 e. The van der Waals surface area contributed by atoms with Crippen LogP contribution in [0.4, 0.5) is 8.78 Å². The summed E-state index contributed by atoms with van der Waals surface area (Å²) < 4.78 is 40.6. The second-order valence-electron chi connectivity index (χ2n) is 11.9. The lowest BCUT2D eigenvalue weighted by Gasteiger charge is -2.30. The molecule has 12 heteroatoms. The number of pyridine rings is 1. The summed E-state index contributed by atoms with van der Waals surface area (Å²) in [6.07, 6.45) is 7.08. The Balaban J connectivity index is 1.42. The van der Waals surface area contributed by atoms with E-state index in [0.29, 0.717) is 28.8 Å². The van der Waals surface area contributed by atoms with Crippen LogP contribution in [0.15, 0.2) is 83.8 Å². The van der Waals surface area contributed by atoms with Crippen molar-refractivity contribution in [2.24, 2.45) is 5.73 Å². The van der Waals surface area contributed by atoms with Crippen LogP contribution in [0.25, 0.3) is 11.3 Å². The van der Waals surface area contributed by atoms with Gasteiger partial charge in [-0.3, -0.25) is 10.2 Å². The number of hydrogen-bond acceptors (Lipinski definition) is 7. The first kappa shape index (κ1) is 31.6. The standard InChI is InChI=1S/C34H32ClF2N5O4/c1-33(39)17-46-31-23(33)13-28(42-30(31)22-12-24(35)26(37)14-25(22)36)34(44,20-6-4-3-5-7-20)16-41-32(43)18-10-19(15-40-21-8-9-21)29(38)27(11-18)45-2/h3-7,10-15,21,38,40,44H,8-9,16-17,39H2,1-2H3,(H,41,43)/p+1/b19-15-,38-29?/t33-,34+/m0/s1. The normalized spacial score (nSPS) is 21.2. The maximum absolute atomic E-state index is 15.2. The average Bonchev–Trinajstić information content (AvgIpc) is 3.83. The minimum absolute atomic E-state index is 0.0235. The highest BCUT2D eigenvalue weighted by Gasteiger charge is 2.41. The molecular formula is C34H33ClF2N5O4+. The lowest BCUT2D eigenvalue weighted by molar-refractivity contribution is -0.602. The molecule has 1 saturated carbocycles. The molecule has 3 aromatic rings. The van der Waals surface area contributed by atoms with Crippen molar-refractivity contribution in [2.45, 2.75) is 36.9 Å². The molecule has 0 saturated heterocycles. The van der Waals surface area contributed by atoms with Gasteiger partial charge in [0.15, 0.2) is 5.75 Å². The number of nitrogens with two attached hydrogens (primary N) is 2. The zero-order valence-electron chi connectivity index (χ0n) is 25.2. The van der Waals surface area contributed by atoms with Crippen LogP contribution in [0.2, 0.25) is 5.02 Å². The zero-order valence-corrected chi connectivity index (χ0v) is 25.9. The van der Waals surface area contributed by atoms with Crippen molar-refractivity contribution in [1.82, 2.24) is 10.3 Å². The SMILES string of the molecule is COC1=CC(C(=O)NC[C@@](O)(c2ccccc2)c2cc3c(c(-c4cc(Cl)c(F)cc4F)n2)OC[C@]3(C)N)=C/C(=C/[NH2+]C2CC2)C1=N. The molecule has 9 nitrogen and oxygen atoms in total. The summed E-state index contributed by atoms with van der Waals surface area (Å²) in [4.78, 5) is 18.3. The monoisotopic (exact) mass is 648 g/mol. The third kappa shape index (κ3) is 5.94. The van der Waals surface area contributed by atoms with Gasteiger partial charge in [0, 0.05) is 35.6 Å². The van der Waals surface area contributed by atoms with Gasteiger partial charge in [-0.1, -0.05) is 41.9 Å². The fraction of sp³-hybridized carbons (Fsp3) is 0.265. The van der Waals surface area contributed by atoms with E-state index >= 15 is 4.39 Å². The fourth-order valence-electron chi connectivity index (χ4n) is 5.46. The number of aromatic nitrogens is 1. The number of halogens is 3. The maximum Gasteiger partial charge on any atom is 0.251 e. The lowest BCUT2D eigenvalue weighted by Crippen LogP contribution is -2.80. The minimum Gasteiger partial charge on any atom is -0.494 e. The Morgan fingerprint density at radius 2 is 2.00 bits per heavy atom. The van der Waals surface area contributed by atoms with Gasteiger partial charge in [-0.15, -0.1) is 0 Å². The van der Waals surface area contributed by atoms with Crippen LogP contribution >= 0.6 is 11.6 Å². The molecule has 0 spiro atoms. The van der Waals surface area contributed by atoms with Gasteiger partial charge in [0.1, 0.15) is 47.2 Å². The summed E-state index contributed by atoms with van der Waals surface area (Å²) in [5, 5.41) is 25.4. The van der Waals surface area contributed by atoms with Gasteiger partial charge < -0.3 is 30.9 Å². The van der Waals surface area contributed by atoms with Crippen molar-refractivity contribution in [1.29, 1.82) is 5.41 Å². The first-order valence-corrected chi connectivity index (χ1v) is 15.1. The number of quaternary nitrogens is 1. The molecule has 1 aliphatic heterocycles. The second kappa shape index (κ2) is 12.1. The molecule has 0 unspecified atom stereocenters. The number of rotatable bonds is 9. The maximum atomic E-state index is 15.2. The van der Waals surface area contributed by atoms with Crippen molar-refractivity contribution in [2.75, 3.05) is 20.3 Å². The van der Waals surface area contributed by atoms with Crippen LogP contribution in [-0.2, 0) is 20.7 Å². The first-order chi connectivity index (χ1) is 21.9. The van der Waals surface area contributed by atoms with Gasteiger partial charge in [0.2, 0.25) is 0 Å². The van der Waals surface area contributed by atoms with Gasteiger partial charge >= 0.3 is 0 Å². The smallest absolute Gasteiger partial charge is 0.251 e. The predicted molar refractivity (Wildman–Crippen MR) is 168 cm³/mol. The van der Waals surface area contributed by atoms with E-state index < -0.39 is 28.7 Å². The van der Waals surface area contributed by atoms with E-state index in [1.54, 1.807) is 49.4 Å². The predicted octanol–water partition coefficient (Wildman–Crippen LogP) is 3.70. The number of allylic oxidation sites excluding steroid dienone is 2. The van der Waals surface area contributed by atoms with E-state index in [9.17, 15) is 14.3 Å². The van der Waals surface area contributed by atoms with E-state index in [-0.39, 0.29) is 57.9 Å². The molecule has 1 amide bonds. The quantitative estimate of drug-likeness (QED) is 0.224. The number of benzene rings is 2. The van der Waals surface area contributed by atoms with Crippen molar-refractivity contribution in [3.63, 3.8) is 0 Å². The van der Waals surface area contributed by atoms with Crippen LogP contribution in [0.1, 0.15) is 36.6 Å².